The van der Waals surface area contributed by atoms with Crippen LogP contribution in [0, 0.1) is 12.3 Å². The average Bonchev–Trinajstić information content (AvgIpc) is 2.65. The number of aryl methyl sites for hydroxylation is 1. The van der Waals surface area contributed by atoms with E-state index in [2.05, 4.69) is 20.7 Å². The highest BCUT2D eigenvalue weighted by atomic mass is 79.9. The molecule has 19 heavy (non-hydrogen) atoms. The minimum absolute atomic E-state index is 0.0800. The number of sulfonamides is 1. The Labute approximate surface area is 126 Å². The molecule has 2 rings (SSSR count). The Morgan fingerprint density at radius 2 is 2.16 bits per heavy atom. The van der Waals surface area contributed by atoms with Gasteiger partial charge in [0.2, 0.25) is 10.0 Å². The van der Waals surface area contributed by atoms with Crippen LogP contribution in [0.5, 0.6) is 0 Å². The summed E-state index contributed by atoms with van der Waals surface area (Å²) in [6, 6.07) is 1.61. The van der Waals surface area contributed by atoms with E-state index in [1.165, 1.54) is 11.3 Å². The molecule has 1 aliphatic carbocycles. The lowest BCUT2D eigenvalue weighted by Crippen LogP contribution is -2.61. The van der Waals surface area contributed by atoms with Crippen molar-refractivity contribution >= 4 is 37.3 Å². The average molecular weight is 368 g/mol. The maximum Gasteiger partial charge on any atom is 0.250 e. The molecule has 0 amide bonds. The van der Waals surface area contributed by atoms with Gasteiger partial charge in [-0.1, -0.05) is 13.8 Å². The first-order valence-electron chi connectivity index (χ1n) is 5.99. The monoisotopic (exact) mass is 367 g/mol. The van der Waals surface area contributed by atoms with Gasteiger partial charge in [0.25, 0.3) is 0 Å². The van der Waals surface area contributed by atoms with Crippen molar-refractivity contribution < 1.29 is 13.2 Å². The van der Waals surface area contributed by atoms with Crippen LogP contribution in [0.3, 0.4) is 0 Å². The fraction of sp³-hybridized carbons (Fsp3) is 0.667. The van der Waals surface area contributed by atoms with Gasteiger partial charge in [-0.3, -0.25) is 0 Å². The number of halogens is 1. The molecular weight excluding hydrogens is 350 g/mol. The zero-order valence-electron chi connectivity index (χ0n) is 11.4. The van der Waals surface area contributed by atoms with Crippen molar-refractivity contribution in [1.82, 2.24) is 4.72 Å². The Bertz CT molecular complexity index is 560. The highest BCUT2D eigenvalue weighted by molar-refractivity contribution is 9.11. The number of rotatable bonds is 4. The van der Waals surface area contributed by atoms with Crippen molar-refractivity contribution in [2.75, 3.05) is 7.11 Å². The van der Waals surface area contributed by atoms with E-state index in [0.717, 1.165) is 9.35 Å². The van der Waals surface area contributed by atoms with Gasteiger partial charge in [0.05, 0.1) is 9.89 Å². The normalized spacial score (nSPS) is 26.2. The molecule has 1 saturated carbocycles. The van der Waals surface area contributed by atoms with Crippen LogP contribution in [0.2, 0.25) is 0 Å². The molecule has 0 bridgehead atoms. The van der Waals surface area contributed by atoms with Crippen LogP contribution < -0.4 is 4.72 Å². The van der Waals surface area contributed by atoms with Crippen LogP contribution in [-0.2, 0) is 14.8 Å². The van der Waals surface area contributed by atoms with Crippen LogP contribution in [0.1, 0.15) is 25.8 Å². The number of ether oxygens (including phenoxy) is 1. The fourth-order valence-corrected chi connectivity index (χ4v) is 5.94. The third-order valence-electron chi connectivity index (χ3n) is 3.86. The summed E-state index contributed by atoms with van der Waals surface area (Å²) in [4.78, 5) is 0. The molecule has 4 nitrogen and oxygen atoms in total. The summed E-state index contributed by atoms with van der Waals surface area (Å²) >= 11 is 4.59. The molecule has 0 radical (unpaired) electrons. The van der Waals surface area contributed by atoms with Gasteiger partial charge in [-0.2, -0.15) is 0 Å². The van der Waals surface area contributed by atoms with Gasteiger partial charge in [-0.15, -0.1) is 11.3 Å². The van der Waals surface area contributed by atoms with Gasteiger partial charge in [0.1, 0.15) is 4.21 Å². The summed E-state index contributed by atoms with van der Waals surface area (Å²) in [5.41, 5.74) is 0.763. The van der Waals surface area contributed by atoms with E-state index in [0.29, 0.717) is 10.6 Å². The number of nitrogens with one attached hydrogen (secondary N) is 1. The maximum atomic E-state index is 12.3. The summed E-state index contributed by atoms with van der Waals surface area (Å²) in [5.74, 6) is 0. The van der Waals surface area contributed by atoms with Gasteiger partial charge in [-0.25, -0.2) is 13.1 Å². The Morgan fingerprint density at radius 3 is 2.58 bits per heavy atom. The molecule has 0 saturated heterocycles. The second-order valence-electron chi connectivity index (χ2n) is 5.48. The van der Waals surface area contributed by atoms with Crippen LogP contribution >= 0.6 is 27.3 Å². The molecule has 1 aliphatic rings. The third-order valence-corrected chi connectivity index (χ3v) is 7.94. The molecule has 2 atom stereocenters. The molecule has 108 valence electrons. The molecule has 1 aromatic heterocycles. The summed E-state index contributed by atoms with van der Waals surface area (Å²) in [5, 5.41) is 0. The van der Waals surface area contributed by atoms with Gasteiger partial charge >= 0.3 is 0 Å². The Balaban J connectivity index is 2.15. The van der Waals surface area contributed by atoms with Gasteiger partial charge in [0, 0.05) is 18.6 Å². The predicted molar refractivity (Wildman–Crippen MR) is 80.1 cm³/mol. The van der Waals surface area contributed by atoms with Crippen molar-refractivity contribution in [2.24, 2.45) is 5.41 Å². The van der Waals surface area contributed by atoms with Crippen molar-refractivity contribution in [2.45, 2.75) is 43.5 Å². The number of hydrogen-bond donors (Lipinski definition) is 1. The molecule has 2 unspecified atom stereocenters. The zero-order valence-corrected chi connectivity index (χ0v) is 14.6. The fourth-order valence-electron chi connectivity index (χ4n) is 2.29. The predicted octanol–water partition coefficient (Wildman–Crippen LogP) is 2.91. The smallest absolute Gasteiger partial charge is 0.250 e. The molecule has 0 aromatic carbocycles. The first kappa shape index (κ1) is 15.4. The molecule has 1 N–H and O–H groups in total. The molecule has 7 heteroatoms. The van der Waals surface area contributed by atoms with Gasteiger partial charge in [-0.05, 0) is 40.9 Å². The molecule has 1 fully saturated rings. The highest BCUT2D eigenvalue weighted by Gasteiger charge is 2.50. The molecule has 1 aromatic rings. The van der Waals surface area contributed by atoms with Crippen LogP contribution in [-0.4, -0.2) is 27.7 Å². The van der Waals surface area contributed by atoms with E-state index < -0.39 is 10.0 Å². The Hall–Kier alpha value is 0.0500. The SMILES string of the molecule is COC1CC(NS(=O)(=O)c2cc(C)c(Br)s2)C1(C)C. The molecule has 1 heterocycles. The molecule has 0 aliphatic heterocycles. The summed E-state index contributed by atoms with van der Waals surface area (Å²) < 4.78 is 34.0. The van der Waals surface area contributed by atoms with E-state index in [4.69, 9.17) is 4.74 Å². The van der Waals surface area contributed by atoms with E-state index in [-0.39, 0.29) is 17.6 Å². The van der Waals surface area contributed by atoms with Crippen molar-refractivity contribution in [3.63, 3.8) is 0 Å². The quantitative estimate of drug-likeness (QED) is 0.889. The largest absolute Gasteiger partial charge is 0.381 e. The van der Waals surface area contributed by atoms with Crippen LogP contribution in [0.15, 0.2) is 14.1 Å². The Morgan fingerprint density at radius 1 is 1.53 bits per heavy atom. The van der Waals surface area contributed by atoms with E-state index in [1.807, 2.05) is 20.8 Å². The zero-order chi connectivity index (χ0) is 14.4. The van der Waals surface area contributed by atoms with Crippen molar-refractivity contribution in [1.29, 1.82) is 0 Å². The minimum Gasteiger partial charge on any atom is -0.381 e. The van der Waals surface area contributed by atoms with Gasteiger partial charge < -0.3 is 4.74 Å². The first-order valence-corrected chi connectivity index (χ1v) is 9.09. The number of thiophene rings is 1. The molecule has 0 spiro atoms. The lowest BCUT2D eigenvalue weighted by molar-refractivity contribution is -0.0908. The lowest BCUT2D eigenvalue weighted by Gasteiger charge is -2.50. The topological polar surface area (TPSA) is 55.4 Å². The highest BCUT2D eigenvalue weighted by Crippen LogP contribution is 2.43. The summed E-state index contributed by atoms with van der Waals surface area (Å²) in [7, 11) is -1.78. The van der Waals surface area contributed by atoms with Gasteiger partial charge in [0.15, 0.2) is 0 Å². The van der Waals surface area contributed by atoms with Crippen molar-refractivity contribution in [3.05, 3.63) is 15.4 Å². The van der Waals surface area contributed by atoms with E-state index >= 15 is 0 Å². The third kappa shape index (κ3) is 2.76. The second-order valence-corrected chi connectivity index (χ2v) is 9.79. The Kier molecular flexibility index (Phi) is 4.15. The van der Waals surface area contributed by atoms with E-state index in [9.17, 15) is 8.42 Å². The maximum absolute atomic E-state index is 12.3. The molecular formula is C12H18BrNO3S2. The van der Waals surface area contributed by atoms with Crippen LogP contribution in [0.4, 0.5) is 0 Å². The minimum atomic E-state index is -3.44. The second kappa shape index (κ2) is 5.11. The lowest BCUT2D eigenvalue weighted by atomic mass is 9.65. The number of methoxy groups -OCH3 is 1. The van der Waals surface area contributed by atoms with E-state index in [1.54, 1.807) is 13.2 Å². The first-order chi connectivity index (χ1) is 8.68. The van der Waals surface area contributed by atoms with Crippen molar-refractivity contribution in [3.8, 4) is 0 Å². The summed E-state index contributed by atoms with van der Waals surface area (Å²) in [6.45, 7) is 5.93. The summed E-state index contributed by atoms with van der Waals surface area (Å²) in [6.07, 6.45) is 0.825. The number of hydrogen-bond acceptors (Lipinski definition) is 4. The standard InChI is InChI=1S/C12H18BrNO3S2/c1-7-5-10(18-11(7)13)19(15,16)14-8-6-9(17-4)12(8,2)3/h5,8-9,14H,6H2,1-4H3. The van der Waals surface area contributed by atoms with Crippen LogP contribution in [0.25, 0.3) is 0 Å².